The number of alkyl halides is 2. The van der Waals surface area contributed by atoms with Gasteiger partial charge in [-0.3, -0.25) is 4.99 Å². The van der Waals surface area contributed by atoms with Crippen LogP contribution in [0.25, 0.3) is 0 Å². The molecule has 2 unspecified atom stereocenters. The molecule has 2 rings (SSSR count). The van der Waals surface area contributed by atoms with Crippen molar-refractivity contribution in [2.24, 2.45) is 10.9 Å². The SMILES string of the molecule is ClC1C(CBr)=CC=C2N=CC=CC21. The van der Waals surface area contributed by atoms with Gasteiger partial charge in [-0.05, 0) is 17.7 Å². The molecular weight excluding hydrogens is 249 g/mol. The Kier molecular flexibility index (Phi) is 2.70. The Morgan fingerprint density at radius 1 is 1.46 bits per heavy atom. The number of aliphatic imine (C=N–C) groups is 1. The normalized spacial score (nSPS) is 30.9. The first kappa shape index (κ1) is 9.22. The lowest BCUT2D eigenvalue weighted by molar-refractivity contribution is 0.731. The number of dihydropyridines is 1. The van der Waals surface area contributed by atoms with E-state index in [0.29, 0.717) is 0 Å². The second-order valence-corrected chi connectivity index (χ2v) is 4.09. The van der Waals surface area contributed by atoms with Crippen molar-refractivity contribution < 1.29 is 0 Å². The van der Waals surface area contributed by atoms with Crippen LogP contribution in [-0.4, -0.2) is 16.9 Å². The molecule has 0 amide bonds. The first-order chi connectivity index (χ1) is 6.33. The Labute approximate surface area is 91.0 Å². The van der Waals surface area contributed by atoms with Crippen LogP contribution in [0.5, 0.6) is 0 Å². The van der Waals surface area contributed by atoms with Crippen molar-refractivity contribution in [3.8, 4) is 0 Å². The summed E-state index contributed by atoms with van der Waals surface area (Å²) in [6, 6.07) is 0. The maximum atomic E-state index is 6.29. The standard InChI is InChI=1S/C10H9BrClN/c11-6-7-3-4-9-8(10(7)12)2-1-5-13-9/h1-5,8,10H,6H2. The second kappa shape index (κ2) is 3.81. The third-order valence-electron chi connectivity index (χ3n) is 2.26. The van der Waals surface area contributed by atoms with Gasteiger partial charge in [0.1, 0.15) is 0 Å². The number of hydrogen-bond acceptors (Lipinski definition) is 1. The summed E-state index contributed by atoms with van der Waals surface area (Å²) in [6.07, 6.45) is 9.95. The zero-order valence-corrected chi connectivity index (χ0v) is 9.29. The van der Waals surface area contributed by atoms with E-state index in [4.69, 9.17) is 11.6 Å². The quantitative estimate of drug-likeness (QED) is 0.641. The van der Waals surface area contributed by atoms with Crippen molar-refractivity contribution >= 4 is 33.7 Å². The molecule has 0 bridgehead atoms. The van der Waals surface area contributed by atoms with E-state index in [2.05, 4.69) is 33.1 Å². The lowest BCUT2D eigenvalue weighted by atomic mass is 9.90. The molecule has 1 aliphatic carbocycles. The van der Waals surface area contributed by atoms with Crippen LogP contribution in [0.4, 0.5) is 0 Å². The Balaban J connectivity index is 2.34. The summed E-state index contributed by atoms with van der Waals surface area (Å²) in [6.45, 7) is 0. The van der Waals surface area contributed by atoms with Crippen LogP contribution >= 0.6 is 27.5 Å². The van der Waals surface area contributed by atoms with Crippen molar-refractivity contribution in [3.63, 3.8) is 0 Å². The molecule has 1 heterocycles. The molecule has 2 atom stereocenters. The minimum absolute atomic E-state index is 0.0491. The van der Waals surface area contributed by atoms with Crippen molar-refractivity contribution in [1.29, 1.82) is 0 Å². The Hall–Kier alpha value is -0.340. The number of rotatable bonds is 1. The van der Waals surface area contributed by atoms with Gasteiger partial charge in [0.15, 0.2) is 0 Å². The fourth-order valence-corrected chi connectivity index (χ4v) is 2.60. The summed E-state index contributed by atoms with van der Waals surface area (Å²) in [5.74, 6) is 0.254. The van der Waals surface area contributed by atoms with E-state index in [1.165, 1.54) is 5.57 Å². The summed E-state index contributed by atoms with van der Waals surface area (Å²) in [5.41, 5.74) is 2.28. The topological polar surface area (TPSA) is 12.4 Å². The zero-order valence-electron chi connectivity index (χ0n) is 6.95. The molecular formula is C10H9BrClN. The van der Waals surface area contributed by atoms with Crippen LogP contribution in [0.15, 0.2) is 40.6 Å². The molecule has 13 heavy (non-hydrogen) atoms. The predicted octanol–water partition coefficient (Wildman–Crippen LogP) is 3.07. The number of fused-ring (bicyclic) bond motifs is 1. The first-order valence-corrected chi connectivity index (χ1v) is 5.70. The van der Waals surface area contributed by atoms with Gasteiger partial charge in [-0.25, -0.2) is 0 Å². The summed E-state index contributed by atoms with van der Waals surface area (Å²) in [7, 11) is 0. The van der Waals surface area contributed by atoms with Gasteiger partial charge in [-0.15, -0.1) is 11.6 Å². The van der Waals surface area contributed by atoms with Gasteiger partial charge in [0.05, 0.1) is 5.38 Å². The lowest BCUT2D eigenvalue weighted by Crippen LogP contribution is -2.22. The maximum Gasteiger partial charge on any atom is 0.0675 e. The van der Waals surface area contributed by atoms with Crippen LogP contribution in [0.3, 0.4) is 0 Å². The minimum Gasteiger partial charge on any atom is -0.261 e. The summed E-state index contributed by atoms with van der Waals surface area (Å²) in [4.78, 5) is 4.28. The molecule has 0 saturated carbocycles. The van der Waals surface area contributed by atoms with Gasteiger partial charge in [0.25, 0.3) is 0 Å². The van der Waals surface area contributed by atoms with Gasteiger partial charge < -0.3 is 0 Å². The molecule has 0 aromatic heterocycles. The second-order valence-electron chi connectivity index (χ2n) is 3.06. The van der Waals surface area contributed by atoms with E-state index >= 15 is 0 Å². The third-order valence-corrected chi connectivity index (χ3v) is 3.46. The van der Waals surface area contributed by atoms with Crippen molar-refractivity contribution in [2.75, 3.05) is 5.33 Å². The first-order valence-electron chi connectivity index (χ1n) is 4.14. The molecule has 0 fully saturated rings. The Morgan fingerprint density at radius 3 is 3.08 bits per heavy atom. The molecule has 0 aromatic carbocycles. The van der Waals surface area contributed by atoms with Crippen LogP contribution in [0.2, 0.25) is 0 Å². The highest BCUT2D eigenvalue weighted by Gasteiger charge is 2.26. The van der Waals surface area contributed by atoms with E-state index in [-0.39, 0.29) is 11.3 Å². The number of nitrogens with zero attached hydrogens (tertiary/aromatic N) is 1. The largest absolute Gasteiger partial charge is 0.261 e. The van der Waals surface area contributed by atoms with Gasteiger partial charge in [0.2, 0.25) is 0 Å². The van der Waals surface area contributed by atoms with Gasteiger partial charge in [0, 0.05) is 23.2 Å². The molecule has 0 aromatic rings. The van der Waals surface area contributed by atoms with Crippen molar-refractivity contribution in [1.82, 2.24) is 0 Å². The molecule has 1 aliphatic heterocycles. The number of hydrogen-bond donors (Lipinski definition) is 0. The van der Waals surface area contributed by atoms with Crippen LogP contribution in [-0.2, 0) is 0 Å². The molecule has 0 N–H and O–H groups in total. The Morgan fingerprint density at radius 2 is 2.31 bits per heavy atom. The lowest BCUT2D eigenvalue weighted by Gasteiger charge is -2.26. The molecule has 1 nitrogen and oxygen atoms in total. The molecule has 0 saturated heterocycles. The van der Waals surface area contributed by atoms with Crippen LogP contribution in [0.1, 0.15) is 0 Å². The van der Waals surface area contributed by atoms with E-state index in [1.807, 2.05) is 12.2 Å². The number of halogens is 2. The fraction of sp³-hybridized carbons (Fsp3) is 0.300. The van der Waals surface area contributed by atoms with Crippen molar-refractivity contribution in [2.45, 2.75) is 5.38 Å². The Bertz CT molecular complexity index is 328. The van der Waals surface area contributed by atoms with E-state index in [9.17, 15) is 0 Å². The van der Waals surface area contributed by atoms with E-state index < -0.39 is 0 Å². The number of allylic oxidation sites excluding steroid dienone is 5. The average molecular weight is 259 g/mol. The summed E-state index contributed by atoms with van der Waals surface area (Å²) >= 11 is 9.72. The highest BCUT2D eigenvalue weighted by Crippen LogP contribution is 2.33. The van der Waals surface area contributed by atoms with Crippen LogP contribution < -0.4 is 0 Å². The van der Waals surface area contributed by atoms with Gasteiger partial charge >= 0.3 is 0 Å². The molecule has 3 heteroatoms. The van der Waals surface area contributed by atoms with Gasteiger partial charge in [-0.2, -0.15) is 0 Å². The minimum atomic E-state index is 0.0491. The summed E-state index contributed by atoms with van der Waals surface area (Å²) < 4.78 is 0. The van der Waals surface area contributed by atoms with E-state index in [1.54, 1.807) is 6.21 Å². The van der Waals surface area contributed by atoms with E-state index in [0.717, 1.165) is 11.0 Å². The zero-order chi connectivity index (χ0) is 9.26. The van der Waals surface area contributed by atoms with Crippen molar-refractivity contribution in [3.05, 3.63) is 35.6 Å². The summed E-state index contributed by atoms with van der Waals surface area (Å²) in [5, 5.41) is 0.881. The predicted molar refractivity (Wildman–Crippen MR) is 60.7 cm³/mol. The van der Waals surface area contributed by atoms with Gasteiger partial charge in [-0.1, -0.05) is 28.1 Å². The molecule has 2 aliphatic rings. The highest BCUT2D eigenvalue weighted by atomic mass is 79.9. The maximum absolute atomic E-state index is 6.29. The molecule has 68 valence electrons. The smallest absolute Gasteiger partial charge is 0.0675 e. The fourth-order valence-electron chi connectivity index (χ4n) is 1.52. The highest BCUT2D eigenvalue weighted by molar-refractivity contribution is 9.09. The molecule has 0 radical (unpaired) electrons. The molecule has 0 spiro atoms. The monoisotopic (exact) mass is 257 g/mol. The third kappa shape index (κ3) is 1.65. The average Bonchev–Trinajstić information content (AvgIpc) is 2.19. The van der Waals surface area contributed by atoms with Crippen LogP contribution in [0, 0.1) is 5.92 Å².